The van der Waals surface area contributed by atoms with Gasteiger partial charge in [0.25, 0.3) is 0 Å². The Morgan fingerprint density at radius 3 is 2.45 bits per heavy atom. The fourth-order valence-corrected chi connectivity index (χ4v) is 3.33. The second kappa shape index (κ2) is 5.27. The molecule has 2 unspecified atom stereocenters. The second-order valence-corrected chi connectivity index (χ2v) is 5.87. The molecule has 0 amide bonds. The monoisotopic (exact) mass is 274 g/mol. The number of aromatic carboxylic acids is 2. The van der Waals surface area contributed by atoms with Gasteiger partial charge in [-0.1, -0.05) is 44.9 Å². The molecular weight excluding hydrogens is 256 g/mol. The smallest absolute Gasteiger partial charge is 0.0724 e. The first-order chi connectivity index (χ1) is 9.38. The zero-order valence-electron chi connectivity index (χ0n) is 11.8. The summed E-state index contributed by atoms with van der Waals surface area (Å²) in [5.41, 5.74) is -0.282. The van der Waals surface area contributed by atoms with Gasteiger partial charge < -0.3 is 19.8 Å². The highest BCUT2D eigenvalue weighted by Crippen LogP contribution is 2.44. The zero-order chi connectivity index (χ0) is 14.9. The molecule has 1 aliphatic carbocycles. The molecule has 1 aromatic carbocycles. The van der Waals surface area contributed by atoms with Gasteiger partial charge in [0.2, 0.25) is 0 Å². The lowest BCUT2D eigenvalue weighted by Crippen LogP contribution is -2.39. The number of hydrogen-bond acceptors (Lipinski definition) is 4. The first kappa shape index (κ1) is 14.6. The van der Waals surface area contributed by atoms with E-state index in [-0.39, 0.29) is 16.5 Å². The van der Waals surface area contributed by atoms with Crippen molar-refractivity contribution in [3.8, 4) is 0 Å². The summed E-state index contributed by atoms with van der Waals surface area (Å²) in [6, 6.07) is 4.56. The molecule has 1 fully saturated rings. The Labute approximate surface area is 118 Å². The van der Waals surface area contributed by atoms with Crippen molar-refractivity contribution in [2.75, 3.05) is 0 Å². The van der Waals surface area contributed by atoms with Crippen LogP contribution in [0, 0.1) is 5.92 Å². The number of rotatable bonds is 3. The molecule has 108 valence electrons. The Bertz CT molecular complexity index is 549. The first-order valence-electron chi connectivity index (χ1n) is 6.94. The van der Waals surface area contributed by atoms with Crippen LogP contribution in [0.3, 0.4) is 0 Å². The van der Waals surface area contributed by atoms with Crippen LogP contribution in [0.1, 0.15) is 65.8 Å². The lowest BCUT2D eigenvalue weighted by atomic mass is 9.63. The van der Waals surface area contributed by atoms with Crippen molar-refractivity contribution in [3.05, 3.63) is 34.9 Å². The highest BCUT2D eigenvalue weighted by Gasteiger charge is 2.37. The highest BCUT2D eigenvalue weighted by molar-refractivity contribution is 6.01. The average Bonchev–Trinajstić information content (AvgIpc) is 2.41. The molecule has 1 aromatic rings. The van der Waals surface area contributed by atoms with Gasteiger partial charge in [-0.05, 0) is 29.7 Å². The number of benzene rings is 1. The molecule has 1 aliphatic rings. The maximum atomic E-state index is 11.4. The molecule has 0 N–H and O–H groups in total. The fraction of sp³-hybridized carbons (Fsp3) is 0.500. The molecule has 0 saturated heterocycles. The largest absolute Gasteiger partial charge is 0.545 e. The number of carboxylic acids is 2. The normalized spacial score (nSPS) is 26.2. The average molecular weight is 274 g/mol. The van der Waals surface area contributed by atoms with Crippen molar-refractivity contribution in [1.29, 1.82) is 0 Å². The van der Waals surface area contributed by atoms with Crippen LogP contribution in [0.2, 0.25) is 0 Å². The van der Waals surface area contributed by atoms with Crippen LogP contribution in [0.4, 0.5) is 0 Å². The van der Waals surface area contributed by atoms with Crippen LogP contribution >= 0.6 is 0 Å². The molecule has 2 atom stereocenters. The molecule has 0 bridgehead atoms. The van der Waals surface area contributed by atoms with Gasteiger partial charge in [-0.2, -0.15) is 0 Å². The summed E-state index contributed by atoms with van der Waals surface area (Å²) in [5.74, 6) is -2.62. The van der Waals surface area contributed by atoms with Crippen molar-refractivity contribution in [1.82, 2.24) is 0 Å². The summed E-state index contributed by atoms with van der Waals surface area (Å²) in [5, 5.41) is 22.6. The zero-order valence-corrected chi connectivity index (χ0v) is 11.8. The molecular formula is C16H18O4-2. The molecule has 0 radical (unpaired) electrons. The van der Waals surface area contributed by atoms with Crippen molar-refractivity contribution in [3.63, 3.8) is 0 Å². The van der Waals surface area contributed by atoms with E-state index in [9.17, 15) is 19.8 Å². The van der Waals surface area contributed by atoms with Crippen LogP contribution < -0.4 is 10.2 Å². The molecule has 0 heterocycles. The molecule has 0 aliphatic heterocycles. The van der Waals surface area contributed by atoms with Gasteiger partial charge in [-0.15, -0.1) is 0 Å². The topological polar surface area (TPSA) is 80.3 Å². The van der Waals surface area contributed by atoms with E-state index in [2.05, 4.69) is 6.92 Å². The molecule has 4 nitrogen and oxygen atoms in total. The molecule has 4 heteroatoms. The quantitative estimate of drug-likeness (QED) is 0.819. The lowest BCUT2D eigenvalue weighted by molar-refractivity contribution is -0.259. The van der Waals surface area contributed by atoms with E-state index in [1.807, 2.05) is 6.92 Å². The summed E-state index contributed by atoms with van der Waals surface area (Å²) in [7, 11) is 0. The van der Waals surface area contributed by atoms with Crippen LogP contribution in [0.15, 0.2) is 18.2 Å². The summed E-state index contributed by atoms with van der Waals surface area (Å²) in [6.45, 7) is 4.10. The molecule has 0 spiro atoms. The SMILES string of the molecule is CC1CCCCC1(C)c1cccc(C(=O)[O-])c1C(=O)[O-]. The second-order valence-electron chi connectivity index (χ2n) is 5.87. The minimum absolute atomic E-state index is 0.219. The van der Waals surface area contributed by atoms with Crippen molar-refractivity contribution < 1.29 is 19.8 Å². The van der Waals surface area contributed by atoms with E-state index in [4.69, 9.17) is 0 Å². The number of carbonyl (C=O) groups is 2. The Kier molecular flexibility index (Phi) is 3.84. The summed E-state index contributed by atoms with van der Waals surface area (Å²) in [6.07, 6.45) is 4.00. The number of hydrogen-bond donors (Lipinski definition) is 0. The van der Waals surface area contributed by atoms with Gasteiger partial charge in [0.15, 0.2) is 0 Å². The van der Waals surface area contributed by atoms with Gasteiger partial charge in [0, 0.05) is 11.1 Å². The minimum atomic E-state index is -1.47. The third-order valence-electron chi connectivity index (χ3n) is 4.77. The fourth-order valence-electron chi connectivity index (χ4n) is 3.33. The molecule has 20 heavy (non-hydrogen) atoms. The van der Waals surface area contributed by atoms with Gasteiger partial charge >= 0.3 is 0 Å². The minimum Gasteiger partial charge on any atom is -0.545 e. The standard InChI is InChI=1S/C16H20O4/c1-10-6-3-4-9-16(10,2)12-8-5-7-11(14(17)18)13(12)15(19)20/h5,7-8,10H,3-4,6,9H2,1-2H3,(H,17,18)(H,19,20)/p-2. The molecule has 2 rings (SSSR count). The Morgan fingerprint density at radius 1 is 1.20 bits per heavy atom. The first-order valence-corrected chi connectivity index (χ1v) is 6.94. The van der Waals surface area contributed by atoms with E-state index < -0.39 is 11.9 Å². The number of carboxylic acid groups (broad SMARTS) is 2. The summed E-state index contributed by atoms with van der Waals surface area (Å²) in [4.78, 5) is 22.6. The molecule has 1 saturated carbocycles. The Hall–Kier alpha value is -1.84. The van der Waals surface area contributed by atoms with E-state index in [1.165, 1.54) is 6.07 Å². The van der Waals surface area contributed by atoms with E-state index in [0.717, 1.165) is 25.7 Å². The van der Waals surface area contributed by atoms with Crippen LogP contribution in [-0.4, -0.2) is 11.9 Å². The predicted octanol–water partition coefficient (Wildman–Crippen LogP) is 0.881. The van der Waals surface area contributed by atoms with Gasteiger partial charge in [-0.25, -0.2) is 0 Å². The van der Waals surface area contributed by atoms with Crippen LogP contribution in [-0.2, 0) is 5.41 Å². The Balaban J connectivity index is 2.64. The third kappa shape index (κ3) is 2.30. The maximum Gasteiger partial charge on any atom is 0.0724 e. The lowest BCUT2D eigenvalue weighted by Gasteiger charge is -2.42. The van der Waals surface area contributed by atoms with Crippen LogP contribution in [0.25, 0.3) is 0 Å². The van der Waals surface area contributed by atoms with Gasteiger partial charge in [-0.3, -0.25) is 0 Å². The van der Waals surface area contributed by atoms with Gasteiger partial charge in [0.1, 0.15) is 0 Å². The van der Waals surface area contributed by atoms with Crippen molar-refractivity contribution in [2.45, 2.75) is 44.9 Å². The van der Waals surface area contributed by atoms with E-state index >= 15 is 0 Å². The van der Waals surface area contributed by atoms with E-state index in [1.54, 1.807) is 12.1 Å². The third-order valence-corrected chi connectivity index (χ3v) is 4.77. The number of carbonyl (C=O) groups excluding carboxylic acids is 2. The van der Waals surface area contributed by atoms with E-state index in [0.29, 0.717) is 11.5 Å². The Morgan fingerprint density at radius 2 is 1.90 bits per heavy atom. The predicted molar refractivity (Wildman–Crippen MR) is 70.1 cm³/mol. The summed E-state index contributed by atoms with van der Waals surface area (Å²) < 4.78 is 0. The molecule has 0 aromatic heterocycles. The van der Waals surface area contributed by atoms with Gasteiger partial charge in [0.05, 0.1) is 11.9 Å². The van der Waals surface area contributed by atoms with Crippen LogP contribution in [0.5, 0.6) is 0 Å². The van der Waals surface area contributed by atoms with Crippen molar-refractivity contribution in [2.24, 2.45) is 5.92 Å². The highest BCUT2D eigenvalue weighted by atomic mass is 16.4. The summed E-state index contributed by atoms with van der Waals surface area (Å²) >= 11 is 0. The maximum absolute atomic E-state index is 11.4. The van der Waals surface area contributed by atoms with Crippen molar-refractivity contribution >= 4 is 11.9 Å².